The zero-order valence-corrected chi connectivity index (χ0v) is 26.2. The van der Waals surface area contributed by atoms with Crippen molar-refractivity contribution in [3.05, 3.63) is 98.9 Å². The third-order valence-electron chi connectivity index (χ3n) is 5.97. The van der Waals surface area contributed by atoms with E-state index in [0.29, 0.717) is 16.7 Å². The van der Waals surface area contributed by atoms with Crippen LogP contribution in [-0.2, 0) is 32.6 Å². The Hall–Kier alpha value is -2.69. The molecule has 3 rings (SSSR count). The van der Waals surface area contributed by atoms with Gasteiger partial charge < -0.3 is 10.2 Å². The molecule has 3 aromatic rings. The van der Waals surface area contributed by atoms with Gasteiger partial charge >= 0.3 is 0 Å². The van der Waals surface area contributed by atoms with Crippen molar-refractivity contribution in [3.8, 4) is 0 Å². The molecule has 1 atom stereocenters. The lowest BCUT2D eigenvalue weighted by Crippen LogP contribution is -2.53. The van der Waals surface area contributed by atoms with Gasteiger partial charge in [-0.25, -0.2) is 8.42 Å². The molecule has 0 unspecified atom stereocenters. The minimum Gasteiger partial charge on any atom is -0.354 e. The Kier molecular flexibility index (Phi) is 11.1. The van der Waals surface area contributed by atoms with Gasteiger partial charge in [0.25, 0.3) is 0 Å². The fourth-order valence-electron chi connectivity index (χ4n) is 4.05. The summed E-state index contributed by atoms with van der Waals surface area (Å²) >= 11 is 6.86. The van der Waals surface area contributed by atoms with Crippen LogP contribution in [0.4, 0.5) is 5.69 Å². The second kappa shape index (κ2) is 14.1. The molecule has 0 aliphatic carbocycles. The molecule has 0 spiro atoms. The van der Waals surface area contributed by atoms with Gasteiger partial charge in [0, 0.05) is 28.5 Å². The Morgan fingerprint density at radius 3 is 2.08 bits per heavy atom. The van der Waals surface area contributed by atoms with Crippen LogP contribution in [0.1, 0.15) is 25.0 Å². The van der Waals surface area contributed by atoms with E-state index in [2.05, 4.69) is 37.2 Å². The topological polar surface area (TPSA) is 86.8 Å². The molecule has 0 fully saturated rings. The van der Waals surface area contributed by atoms with Gasteiger partial charge in [0.2, 0.25) is 21.8 Å². The molecule has 0 aliphatic heterocycles. The number of amides is 2. The molecule has 7 nitrogen and oxygen atoms in total. The summed E-state index contributed by atoms with van der Waals surface area (Å²) in [6, 6.07) is 22.9. The first-order valence-corrected chi connectivity index (χ1v) is 16.0. The third-order valence-corrected chi connectivity index (χ3v) is 8.10. The summed E-state index contributed by atoms with van der Waals surface area (Å²) in [5.74, 6) is -0.553. The van der Waals surface area contributed by atoms with Crippen molar-refractivity contribution in [2.75, 3.05) is 23.7 Å². The third kappa shape index (κ3) is 9.47. The second-order valence-corrected chi connectivity index (χ2v) is 13.5. The van der Waals surface area contributed by atoms with E-state index >= 15 is 0 Å². The molecule has 0 aliphatic rings. The van der Waals surface area contributed by atoms with E-state index in [1.165, 1.54) is 4.90 Å². The Balaban J connectivity index is 2.05. The van der Waals surface area contributed by atoms with Gasteiger partial charge in [-0.2, -0.15) is 0 Å². The number of hydrogen-bond donors (Lipinski definition) is 1. The van der Waals surface area contributed by atoms with Crippen molar-refractivity contribution >= 4 is 59.4 Å². The molecule has 0 saturated carbocycles. The highest BCUT2D eigenvalue weighted by molar-refractivity contribution is 9.10. The van der Waals surface area contributed by atoms with Gasteiger partial charge in [0.05, 0.1) is 11.9 Å². The fraction of sp³-hybridized carbons (Fsp3) is 0.310. The van der Waals surface area contributed by atoms with Crippen molar-refractivity contribution in [1.29, 1.82) is 0 Å². The predicted molar refractivity (Wildman–Crippen MR) is 163 cm³/mol. The SMILES string of the molecule is CC(C)CNC(=O)[C@H](Cc1ccccc1)N(Cc1cccc(Br)c1)C(=O)CN(c1cccc(Br)c1)S(C)(=O)=O. The molecule has 0 radical (unpaired) electrons. The second-order valence-electron chi connectivity index (χ2n) is 9.75. The number of anilines is 1. The summed E-state index contributed by atoms with van der Waals surface area (Å²) in [6.45, 7) is 4.13. The average molecular weight is 679 g/mol. The minimum atomic E-state index is -3.81. The monoisotopic (exact) mass is 677 g/mol. The van der Waals surface area contributed by atoms with Crippen LogP contribution < -0.4 is 9.62 Å². The number of hydrogen-bond acceptors (Lipinski definition) is 4. The average Bonchev–Trinajstić information content (AvgIpc) is 2.87. The maximum atomic E-state index is 14.0. The molecule has 208 valence electrons. The van der Waals surface area contributed by atoms with Crippen LogP contribution in [0, 0.1) is 5.92 Å². The number of nitrogens with zero attached hydrogens (tertiary/aromatic N) is 2. The minimum absolute atomic E-state index is 0.126. The van der Waals surface area contributed by atoms with Crippen molar-refractivity contribution in [2.45, 2.75) is 32.9 Å². The van der Waals surface area contributed by atoms with Crippen LogP contribution in [0.3, 0.4) is 0 Å². The van der Waals surface area contributed by atoms with Crippen molar-refractivity contribution in [3.63, 3.8) is 0 Å². The molecule has 0 bridgehead atoms. The van der Waals surface area contributed by atoms with Crippen molar-refractivity contribution in [1.82, 2.24) is 10.2 Å². The van der Waals surface area contributed by atoms with E-state index in [9.17, 15) is 18.0 Å². The smallest absolute Gasteiger partial charge is 0.244 e. The van der Waals surface area contributed by atoms with Crippen LogP contribution in [0.5, 0.6) is 0 Å². The maximum absolute atomic E-state index is 14.0. The summed E-state index contributed by atoms with van der Waals surface area (Å²) < 4.78 is 28.2. The number of benzene rings is 3. The Morgan fingerprint density at radius 2 is 1.49 bits per heavy atom. The van der Waals surface area contributed by atoms with Crippen molar-refractivity contribution in [2.24, 2.45) is 5.92 Å². The summed E-state index contributed by atoms with van der Waals surface area (Å²) in [4.78, 5) is 29.1. The van der Waals surface area contributed by atoms with Gasteiger partial charge in [0.1, 0.15) is 12.6 Å². The fourth-order valence-corrected chi connectivity index (χ4v) is 5.73. The molecular formula is C29H33Br2N3O4S. The van der Waals surface area contributed by atoms with Gasteiger partial charge in [-0.15, -0.1) is 0 Å². The molecule has 3 aromatic carbocycles. The number of carbonyl (C=O) groups excluding carboxylic acids is 2. The van der Waals surface area contributed by atoms with Gasteiger partial charge in [-0.05, 0) is 47.4 Å². The molecule has 39 heavy (non-hydrogen) atoms. The normalized spacial score (nSPS) is 12.2. The Morgan fingerprint density at radius 1 is 0.872 bits per heavy atom. The molecule has 10 heteroatoms. The van der Waals surface area contributed by atoms with Crippen LogP contribution in [-0.4, -0.2) is 50.5 Å². The number of sulfonamides is 1. The first-order chi connectivity index (χ1) is 18.4. The van der Waals surface area contributed by atoms with Gasteiger partial charge in [-0.1, -0.05) is 94.2 Å². The summed E-state index contributed by atoms with van der Waals surface area (Å²) in [5.41, 5.74) is 2.05. The summed E-state index contributed by atoms with van der Waals surface area (Å²) in [7, 11) is -3.81. The quantitative estimate of drug-likeness (QED) is 0.278. The first-order valence-electron chi connectivity index (χ1n) is 12.5. The number of nitrogens with one attached hydrogen (secondary N) is 1. The predicted octanol–water partition coefficient (Wildman–Crippen LogP) is 5.39. The van der Waals surface area contributed by atoms with Gasteiger partial charge in [0.15, 0.2) is 0 Å². The zero-order valence-electron chi connectivity index (χ0n) is 22.2. The largest absolute Gasteiger partial charge is 0.354 e. The first kappa shape index (κ1) is 30.8. The van der Waals surface area contributed by atoms with E-state index in [1.807, 2.05) is 68.4 Å². The number of rotatable bonds is 12. The molecular weight excluding hydrogens is 646 g/mol. The number of carbonyl (C=O) groups is 2. The summed E-state index contributed by atoms with van der Waals surface area (Å²) in [6.07, 6.45) is 1.34. The Labute approximate surface area is 247 Å². The molecule has 0 aromatic heterocycles. The zero-order chi connectivity index (χ0) is 28.6. The molecule has 2 amide bonds. The maximum Gasteiger partial charge on any atom is 0.244 e. The lowest BCUT2D eigenvalue weighted by molar-refractivity contribution is -0.140. The lowest BCUT2D eigenvalue weighted by atomic mass is 10.0. The van der Waals surface area contributed by atoms with Crippen LogP contribution in [0.15, 0.2) is 87.8 Å². The lowest BCUT2D eigenvalue weighted by Gasteiger charge is -2.33. The van der Waals surface area contributed by atoms with Crippen molar-refractivity contribution < 1.29 is 18.0 Å². The number of halogens is 2. The Bertz CT molecular complexity index is 1380. The standard InChI is InChI=1S/C29H33Br2N3O4S/c1-21(2)18-32-29(36)27(16-22-9-5-4-6-10-22)33(19-23-11-7-12-24(30)15-23)28(35)20-34(39(3,37)38)26-14-8-13-25(31)17-26/h4-15,17,21,27H,16,18-20H2,1-3H3,(H,32,36)/t27-/m0/s1. The molecule has 0 saturated heterocycles. The highest BCUT2D eigenvalue weighted by Gasteiger charge is 2.33. The van der Waals surface area contributed by atoms with E-state index in [-0.39, 0.29) is 24.8 Å². The van der Waals surface area contributed by atoms with Crippen LogP contribution >= 0.6 is 31.9 Å². The van der Waals surface area contributed by atoms with Gasteiger partial charge in [-0.3, -0.25) is 13.9 Å². The van der Waals surface area contributed by atoms with Crippen LogP contribution in [0.25, 0.3) is 0 Å². The highest BCUT2D eigenvalue weighted by atomic mass is 79.9. The van der Waals surface area contributed by atoms with E-state index in [0.717, 1.165) is 26.2 Å². The van der Waals surface area contributed by atoms with Crippen LogP contribution in [0.2, 0.25) is 0 Å². The molecule has 0 heterocycles. The highest BCUT2D eigenvalue weighted by Crippen LogP contribution is 2.24. The summed E-state index contributed by atoms with van der Waals surface area (Å²) in [5, 5.41) is 2.98. The van der Waals surface area contributed by atoms with E-state index < -0.39 is 28.5 Å². The van der Waals surface area contributed by atoms with E-state index in [4.69, 9.17) is 0 Å². The van der Waals surface area contributed by atoms with E-state index in [1.54, 1.807) is 24.3 Å². The molecule has 1 N–H and O–H groups in total.